The van der Waals surface area contributed by atoms with Crippen LogP contribution in [-0.4, -0.2) is 84.6 Å². The molecule has 0 fully saturated rings. The van der Waals surface area contributed by atoms with Crippen LogP contribution in [0.1, 0.15) is 83.1 Å². The van der Waals surface area contributed by atoms with E-state index in [-0.39, 0.29) is 60.6 Å². The van der Waals surface area contributed by atoms with Crippen molar-refractivity contribution < 1.29 is 126 Å². The Hall–Kier alpha value is -0.219. The molecule has 4 nitrogen and oxygen atoms in total. The number of hydrogen-bond donors (Lipinski definition) is 0. The average Bonchev–Trinajstić information content (AvgIpc) is 2.97. The van der Waals surface area contributed by atoms with Gasteiger partial charge in [0, 0.05) is 10.8 Å². The zero-order valence-electron chi connectivity index (χ0n) is 31.9. The predicted octanol–water partition coefficient (Wildman–Crippen LogP) is 9.87. The first-order chi connectivity index (χ1) is 22.8. The quantitative estimate of drug-likeness (QED) is 0.0642. The Morgan fingerprint density at radius 1 is 0.444 bits per heavy atom. The summed E-state index contributed by atoms with van der Waals surface area (Å²) in [4.78, 5) is 22.3. The van der Waals surface area contributed by atoms with Gasteiger partial charge in [-0.05, 0) is 69.5 Å². The van der Waals surface area contributed by atoms with Crippen molar-refractivity contribution in [3.05, 3.63) is 23.7 Å². The summed E-state index contributed by atoms with van der Waals surface area (Å²) in [5.74, 6) is -33.5. The van der Waals surface area contributed by atoms with E-state index in [2.05, 4.69) is 41.5 Å². The molecule has 0 amide bonds. The van der Waals surface area contributed by atoms with Crippen LogP contribution in [0.2, 0.25) is 0 Å². The predicted molar refractivity (Wildman–Crippen MR) is 177 cm³/mol. The van der Waals surface area contributed by atoms with E-state index < -0.39 is 82.1 Å². The molecule has 0 radical (unpaired) electrons. The monoisotopic (exact) mass is 1040 g/mol. The van der Waals surface area contributed by atoms with Gasteiger partial charge in [0.05, 0.1) is 37.0 Å². The number of ketones is 2. The maximum Gasteiger partial charge on any atom is 1.00 e. The number of halogens is 14. The first kappa shape index (κ1) is 65.6. The Bertz CT molecular complexity index is 1040. The van der Waals surface area contributed by atoms with Crippen LogP contribution in [0, 0.1) is 10.8 Å². The van der Waals surface area contributed by atoms with Crippen LogP contribution in [0.4, 0.5) is 61.5 Å². The molecule has 0 heterocycles. The van der Waals surface area contributed by atoms with Gasteiger partial charge < -0.3 is 10.2 Å². The van der Waals surface area contributed by atoms with Gasteiger partial charge >= 0.3 is 80.8 Å². The van der Waals surface area contributed by atoms with Crippen molar-refractivity contribution in [2.45, 2.75) is 119 Å². The van der Waals surface area contributed by atoms with E-state index in [1.807, 2.05) is 0 Å². The average molecular weight is 1040 g/mol. The van der Waals surface area contributed by atoms with Crippen LogP contribution in [0.3, 0.4) is 0 Å². The Morgan fingerprint density at radius 2 is 0.611 bits per heavy atom. The van der Waals surface area contributed by atoms with Crippen molar-refractivity contribution in [1.82, 2.24) is 0 Å². The minimum atomic E-state index is -6.61. The molecule has 0 aromatic heterocycles. The zero-order chi connectivity index (χ0) is 43.1. The molecule has 54 heavy (non-hydrogen) atoms. The van der Waals surface area contributed by atoms with E-state index in [4.69, 9.17) is 0 Å². The standard InChI is InChI=1S/2C10H11F7O2.2C6H15P.2Ag/c2*1-7(2,3)5(18)4-6(19)8(11,12)9(13,14)10(15,16)17;2*1-4-7(5-2)6-3;;/h2*4,19H,1-3H3;2*4-6H2,1-3H3;;/q;;;;2*+1/b2*6-4-;;;;. The maximum absolute atomic E-state index is 12.8. The molecule has 0 aromatic carbocycles. The van der Waals surface area contributed by atoms with Gasteiger partial charge in [-0.3, -0.25) is 9.59 Å². The molecule has 0 saturated heterocycles. The Labute approximate surface area is 342 Å². The zero-order valence-corrected chi connectivity index (χ0v) is 36.9. The second-order valence-electron chi connectivity index (χ2n) is 13.2. The van der Waals surface area contributed by atoms with E-state index in [1.54, 1.807) is 0 Å². The summed E-state index contributed by atoms with van der Waals surface area (Å²) in [7, 11) is 0.275. The van der Waals surface area contributed by atoms with E-state index in [9.17, 15) is 81.3 Å². The van der Waals surface area contributed by atoms with Crippen LogP contribution < -0.4 is 10.2 Å². The van der Waals surface area contributed by atoms with Gasteiger partial charge in [-0.25, -0.2) is 0 Å². The molecule has 0 spiro atoms. The smallest absolute Gasteiger partial charge is 0.871 e. The van der Waals surface area contributed by atoms with Gasteiger partial charge in [-0.15, -0.1) is 0 Å². The van der Waals surface area contributed by atoms with E-state index in [0.717, 1.165) is 0 Å². The molecular formula is C32H52Ag2F14O4P2+2. The molecule has 0 unspecified atom stereocenters. The maximum atomic E-state index is 12.8. The van der Waals surface area contributed by atoms with Gasteiger partial charge in [-0.1, -0.05) is 53.1 Å². The van der Waals surface area contributed by atoms with Crippen molar-refractivity contribution in [2.24, 2.45) is 10.8 Å². The normalized spacial score (nSPS) is 13.6. The number of allylic oxidation sites excluding steroid dienone is 4. The third kappa shape index (κ3) is 21.0. The molecule has 0 aromatic rings. The van der Waals surface area contributed by atoms with Crippen LogP contribution in [0.5, 0.6) is 0 Å². The summed E-state index contributed by atoms with van der Waals surface area (Å²) in [6.45, 7) is 20.9. The Kier molecular flexibility index (Phi) is 31.6. The van der Waals surface area contributed by atoms with E-state index in [1.165, 1.54) is 78.5 Å². The topological polar surface area (TPSA) is 80.3 Å². The minimum Gasteiger partial charge on any atom is -0.871 e. The molecule has 0 atom stereocenters. The molecule has 332 valence electrons. The first-order valence-electron chi connectivity index (χ1n) is 16.0. The molecule has 0 aliphatic heterocycles. The number of hydrogen-bond acceptors (Lipinski definition) is 4. The fourth-order valence-corrected chi connectivity index (χ4v) is 6.02. The van der Waals surface area contributed by atoms with E-state index in [0.29, 0.717) is 0 Å². The Balaban J connectivity index is -0.000000154. The molecule has 22 heteroatoms. The number of carbonyl (C=O) groups excluding carboxylic acids is 2. The van der Waals surface area contributed by atoms with Gasteiger partial charge in [-0.2, -0.15) is 61.5 Å². The second-order valence-corrected chi connectivity index (χ2v) is 20.4. The van der Waals surface area contributed by atoms with Gasteiger partial charge in [0.25, 0.3) is 0 Å². The molecule has 0 N–H and O–H groups in total. The van der Waals surface area contributed by atoms with Gasteiger partial charge in [0.1, 0.15) is 0 Å². The fraction of sp³-hybridized carbons (Fsp3) is 0.812. The Morgan fingerprint density at radius 3 is 0.704 bits per heavy atom. The fourth-order valence-electron chi connectivity index (χ4n) is 3.02. The summed E-state index contributed by atoms with van der Waals surface area (Å²) in [6, 6.07) is 0. The number of carbonyl (C=O) groups is 2. The summed E-state index contributed by atoms with van der Waals surface area (Å²) in [6.07, 6.45) is -5.34. The molecule has 0 aliphatic rings. The van der Waals surface area contributed by atoms with Crippen LogP contribution >= 0.6 is 15.8 Å². The molecule has 0 rings (SSSR count). The summed E-state index contributed by atoms with van der Waals surface area (Å²) in [5.41, 5.74) is -2.72. The van der Waals surface area contributed by atoms with Crippen LogP contribution in [-0.2, 0) is 54.3 Å². The number of alkyl halides is 14. The summed E-state index contributed by atoms with van der Waals surface area (Å²) in [5, 5.41) is 21.6. The summed E-state index contributed by atoms with van der Waals surface area (Å²) < 4.78 is 172. The van der Waals surface area contributed by atoms with Crippen molar-refractivity contribution in [2.75, 3.05) is 37.0 Å². The largest absolute Gasteiger partial charge is 1.00 e. The summed E-state index contributed by atoms with van der Waals surface area (Å²) >= 11 is 0. The van der Waals surface area contributed by atoms with Crippen molar-refractivity contribution in [1.29, 1.82) is 0 Å². The second kappa shape index (κ2) is 26.0. The third-order valence-electron chi connectivity index (χ3n) is 7.12. The molecule has 0 bridgehead atoms. The van der Waals surface area contributed by atoms with Crippen molar-refractivity contribution in [3.63, 3.8) is 0 Å². The van der Waals surface area contributed by atoms with E-state index >= 15 is 0 Å². The molecule has 0 aliphatic carbocycles. The van der Waals surface area contributed by atoms with Crippen LogP contribution in [0.25, 0.3) is 0 Å². The SMILES string of the molecule is CC(C)(C)C(=O)/C=C(\[O-])C(F)(F)C(F)(F)C(F)(F)F.CC(C)(C)C(=O)/C=C(\[O-])C(F)(F)C(F)(F)C(F)(F)F.CC[PH+](CC)CC.CC[PH+](CC)CC.[Ag+].[Ag+]. The first-order valence-corrected chi connectivity index (χ1v) is 20.2. The third-order valence-corrected chi connectivity index (χ3v) is 13.1. The molecule has 0 saturated carbocycles. The van der Waals surface area contributed by atoms with Crippen molar-refractivity contribution >= 4 is 27.4 Å². The minimum absolute atomic E-state index is 0. The van der Waals surface area contributed by atoms with Gasteiger partial charge in [0.2, 0.25) is 0 Å². The molecular weight excluding hydrogens is 992 g/mol. The van der Waals surface area contributed by atoms with Crippen LogP contribution in [0.15, 0.2) is 23.7 Å². The number of rotatable bonds is 12. The van der Waals surface area contributed by atoms with Gasteiger partial charge in [0.15, 0.2) is 11.6 Å². The van der Waals surface area contributed by atoms with Crippen molar-refractivity contribution in [3.8, 4) is 0 Å².